The summed E-state index contributed by atoms with van der Waals surface area (Å²) in [6, 6.07) is 2.19. The van der Waals surface area contributed by atoms with Gasteiger partial charge in [-0.2, -0.15) is 0 Å². The first kappa shape index (κ1) is 22.3. The summed E-state index contributed by atoms with van der Waals surface area (Å²) >= 11 is 0. The number of ether oxygens (including phenoxy) is 3. The van der Waals surface area contributed by atoms with E-state index in [0.29, 0.717) is 30.9 Å². The van der Waals surface area contributed by atoms with E-state index in [1.807, 2.05) is 6.20 Å². The van der Waals surface area contributed by atoms with Crippen LogP contribution in [0.2, 0.25) is 0 Å². The summed E-state index contributed by atoms with van der Waals surface area (Å²) in [4.78, 5) is 20.8. The Bertz CT molecular complexity index is 871. The number of hydrogen-bond acceptors (Lipinski definition) is 5. The fourth-order valence-electron chi connectivity index (χ4n) is 7.02. The quantitative estimate of drug-likeness (QED) is 0.712. The number of aryl methyl sites for hydroxylation is 1. The Morgan fingerprint density at radius 3 is 3.03 bits per heavy atom. The summed E-state index contributed by atoms with van der Waals surface area (Å²) in [5.74, 6) is 1.31. The molecule has 1 saturated carbocycles. The summed E-state index contributed by atoms with van der Waals surface area (Å²) in [5, 5.41) is 0. The van der Waals surface area contributed by atoms with E-state index in [0.717, 1.165) is 62.9 Å². The maximum atomic E-state index is 14.1. The van der Waals surface area contributed by atoms with Gasteiger partial charge in [0, 0.05) is 45.1 Å². The molecule has 1 aliphatic carbocycles. The first-order valence-corrected chi connectivity index (χ1v) is 12.3. The number of amides is 1. The summed E-state index contributed by atoms with van der Waals surface area (Å²) in [6.45, 7) is 9.30. The van der Waals surface area contributed by atoms with Crippen molar-refractivity contribution in [3.63, 3.8) is 0 Å². The second kappa shape index (κ2) is 8.37. The molecule has 1 aromatic heterocycles. The second-order valence-corrected chi connectivity index (χ2v) is 11.2. The van der Waals surface area contributed by atoms with E-state index in [1.54, 1.807) is 7.11 Å². The average Bonchev–Trinajstić information content (AvgIpc) is 3.21. The van der Waals surface area contributed by atoms with Crippen LogP contribution >= 0.6 is 0 Å². The number of hydrogen-bond donors (Lipinski definition) is 0. The van der Waals surface area contributed by atoms with Gasteiger partial charge in [-0.1, -0.05) is 6.07 Å². The predicted molar refractivity (Wildman–Crippen MR) is 121 cm³/mol. The molecule has 0 N–H and O–H groups in total. The van der Waals surface area contributed by atoms with Crippen molar-refractivity contribution >= 4 is 5.91 Å². The number of nitrogens with zero attached hydrogens (tertiary/aromatic N) is 2. The summed E-state index contributed by atoms with van der Waals surface area (Å²) < 4.78 is 17.9. The van der Waals surface area contributed by atoms with E-state index in [-0.39, 0.29) is 17.8 Å². The Hall–Kier alpha value is -1.50. The van der Waals surface area contributed by atoms with Crippen LogP contribution in [-0.4, -0.2) is 60.5 Å². The third-order valence-electron chi connectivity index (χ3n) is 8.29. The minimum atomic E-state index is -0.392. The van der Waals surface area contributed by atoms with Gasteiger partial charge in [0.1, 0.15) is 0 Å². The number of rotatable bonds is 4. The SMILES string of the molecule is COC1COCCC1C[C@@H]1C[C@H]2OC(C)(C)C[C@@]2(C(=O)N2CCc3ncc(C)cc3C2)C1. The highest BCUT2D eigenvalue weighted by molar-refractivity contribution is 5.84. The predicted octanol–water partition coefficient (Wildman–Crippen LogP) is 3.68. The molecule has 0 bridgehead atoms. The van der Waals surface area contributed by atoms with Gasteiger partial charge in [-0.05, 0) is 75.8 Å². The van der Waals surface area contributed by atoms with Crippen molar-refractivity contribution < 1.29 is 19.0 Å². The first-order chi connectivity index (χ1) is 15.3. The molecule has 0 spiro atoms. The molecule has 6 nitrogen and oxygen atoms in total. The molecule has 0 aromatic carbocycles. The van der Waals surface area contributed by atoms with Crippen LogP contribution in [0.25, 0.3) is 0 Å². The third-order valence-corrected chi connectivity index (χ3v) is 8.29. The Kier molecular flexibility index (Phi) is 5.83. The lowest BCUT2D eigenvalue weighted by molar-refractivity contribution is -0.145. The Morgan fingerprint density at radius 2 is 2.22 bits per heavy atom. The lowest BCUT2D eigenvalue weighted by atomic mass is 9.75. The van der Waals surface area contributed by atoms with Crippen LogP contribution < -0.4 is 0 Å². The van der Waals surface area contributed by atoms with Crippen LogP contribution in [-0.2, 0) is 32.0 Å². The maximum absolute atomic E-state index is 14.1. The van der Waals surface area contributed by atoms with Gasteiger partial charge in [0.15, 0.2) is 0 Å². The van der Waals surface area contributed by atoms with Crippen molar-refractivity contribution in [2.75, 3.05) is 26.9 Å². The monoisotopic (exact) mass is 442 g/mol. The third kappa shape index (κ3) is 3.99. The molecule has 176 valence electrons. The first-order valence-electron chi connectivity index (χ1n) is 12.3. The van der Waals surface area contributed by atoms with Gasteiger partial charge in [0.2, 0.25) is 5.91 Å². The molecule has 2 unspecified atom stereocenters. The van der Waals surface area contributed by atoms with Crippen molar-refractivity contribution in [2.45, 2.75) is 83.6 Å². The van der Waals surface area contributed by atoms with Crippen LogP contribution in [0.15, 0.2) is 12.3 Å². The van der Waals surface area contributed by atoms with E-state index in [4.69, 9.17) is 14.2 Å². The number of carbonyl (C=O) groups is 1. The van der Waals surface area contributed by atoms with Gasteiger partial charge in [-0.3, -0.25) is 9.78 Å². The molecule has 1 aromatic rings. The van der Waals surface area contributed by atoms with Gasteiger partial charge < -0.3 is 19.1 Å². The minimum absolute atomic E-state index is 0.0212. The topological polar surface area (TPSA) is 60.9 Å². The van der Waals surface area contributed by atoms with E-state index in [9.17, 15) is 4.79 Å². The minimum Gasteiger partial charge on any atom is -0.379 e. The molecule has 6 heteroatoms. The molecule has 32 heavy (non-hydrogen) atoms. The van der Waals surface area contributed by atoms with Crippen LogP contribution in [0.1, 0.15) is 62.8 Å². The van der Waals surface area contributed by atoms with E-state index < -0.39 is 5.41 Å². The zero-order valence-corrected chi connectivity index (χ0v) is 20.1. The lowest BCUT2D eigenvalue weighted by Gasteiger charge is -2.37. The zero-order valence-electron chi connectivity index (χ0n) is 20.1. The highest BCUT2D eigenvalue weighted by atomic mass is 16.5. The van der Waals surface area contributed by atoms with Gasteiger partial charge in [0.05, 0.1) is 29.8 Å². The highest BCUT2D eigenvalue weighted by Crippen LogP contribution is 2.57. The van der Waals surface area contributed by atoms with Crippen molar-refractivity contribution in [1.82, 2.24) is 9.88 Å². The van der Waals surface area contributed by atoms with Gasteiger partial charge in [-0.15, -0.1) is 0 Å². The standard InChI is InChI=1S/C26H38N2O4/c1-17-9-20-14-28(7-5-21(20)27-13-17)24(29)26-12-18(11-23(26)32-25(2,3)16-26)10-19-6-8-31-15-22(19)30-4/h9,13,18-19,22-23H,5-8,10-12,14-16H2,1-4H3/t18-,19?,22?,23-,26+/m1/s1. The zero-order chi connectivity index (χ0) is 22.5. The number of carbonyl (C=O) groups excluding carboxylic acids is 1. The average molecular weight is 443 g/mol. The summed E-state index contributed by atoms with van der Waals surface area (Å²) in [6.07, 6.45) is 7.84. The van der Waals surface area contributed by atoms with Gasteiger partial charge >= 0.3 is 0 Å². The highest BCUT2D eigenvalue weighted by Gasteiger charge is 2.62. The molecule has 1 amide bonds. The molecular weight excluding hydrogens is 404 g/mol. The summed E-state index contributed by atoms with van der Waals surface area (Å²) in [7, 11) is 1.79. The van der Waals surface area contributed by atoms with Gasteiger partial charge in [0.25, 0.3) is 0 Å². The van der Waals surface area contributed by atoms with Crippen molar-refractivity contribution in [2.24, 2.45) is 17.3 Å². The van der Waals surface area contributed by atoms with Crippen molar-refractivity contribution in [1.29, 1.82) is 0 Å². The fraction of sp³-hybridized carbons (Fsp3) is 0.769. The van der Waals surface area contributed by atoms with E-state index in [2.05, 4.69) is 36.7 Å². The molecule has 0 radical (unpaired) electrons. The van der Waals surface area contributed by atoms with Crippen molar-refractivity contribution in [3.8, 4) is 0 Å². The number of methoxy groups -OCH3 is 1. The largest absolute Gasteiger partial charge is 0.379 e. The van der Waals surface area contributed by atoms with Crippen LogP contribution in [0.3, 0.4) is 0 Å². The summed E-state index contributed by atoms with van der Waals surface area (Å²) in [5.41, 5.74) is 2.87. The normalized spacial score (nSPS) is 36.1. The molecule has 3 aliphatic heterocycles. The lowest BCUT2D eigenvalue weighted by Crippen LogP contribution is -2.48. The Labute approximate surface area is 192 Å². The van der Waals surface area contributed by atoms with Crippen LogP contribution in [0.5, 0.6) is 0 Å². The second-order valence-electron chi connectivity index (χ2n) is 11.2. The molecule has 4 aliphatic rings. The van der Waals surface area contributed by atoms with Crippen LogP contribution in [0, 0.1) is 24.2 Å². The van der Waals surface area contributed by atoms with Crippen LogP contribution in [0.4, 0.5) is 0 Å². The molecule has 4 heterocycles. The van der Waals surface area contributed by atoms with Crippen molar-refractivity contribution in [3.05, 3.63) is 29.1 Å². The molecular formula is C26H38N2O4. The van der Waals surface area contributed by atoms with E-state index in [1.165, 1.54) is 5.56 Å². The Balaban J connectivity index is 1.35. The van der Waals surface area contributed by atoms with E-state index >= 15 is 0 Å². The molecule has 5 rings (SSSR count). The number of fused-ring (bicyclic) bond motifs is 2. The number of aromatic nitrogens is 1. The smallest absolute Gasteiger partial charge is 0.231 e. The maximum Gasteiger partial charge on any atom is 0.231 e. The van der Waals surface area contributed by atoms with Gasteiger partial charge in [-0.25, -0.2) is 0 Å². The molecule has 2 saturated heterocycles. The fourth-order valence-corrected chi connectivity index (χ4v) is 7.02. The Morgan fingerprint density at radius 1 is 1.38 bits per heavy atom. The molecule has 3 fully saturated rings. The number of pyridine rings is 1. The molecule has 5 atom stereocenters.